The monoisotopic (exact) mass is 516 g/mol. The number of ether oxygens (including phenoxy) is 1. The highest BCUT2D eigenvalue weighted by atomic mass is 19.2. The fourth-order valence-corrected chi connectivity index (χ4v) is 3.40. The Morgan fingerprint density at radius 3 is 1.29 bits per heavy atom. The van der Waals surface area contributed by atoms with Gasteiger partial charge in [-0.25, -0.2) is 30.7 Å². The van der Waals surface area contributed by atoms with Gasteiger partial charge in [0.15, 0.2) is 40.7 Å². The van der Waals surface area contributed by atoms with E-state index in [1.54, 1.807) is 0 Å². The van der Waals surface area contributed by atoms with Crippen molar-refractivity contribution in [3.63, 3.8) is 0 Å². The maximum atomic E-state index is 14.4. The molecule has 1 N–H and O–H groups in total. The highest BCUT2D eigenvalue weighted by Gasteiger charge is 2.34. The van der Waals surface area contributed by atoms with Crippen molar-refractivity contribution in [2.45, 2.75) is 57.8 Å². The molecular weight excluding hydrogens is 495 g/mol. The molecule has 35 heavy (non-hydrogen) atoms. The van der Waals surface area contributed by atoms with E-state index in [1.807, 2.05) is 0 Å². The largest absolute Gasteiger partial charge is 0.487 e. The summed E-state index contributed by atoms with van der Waals surface area (Å²) in [4.78, 5) is 10.4. The number of aliphatic carboxylic acids is 1. The van der Waals surface area contributed by atoms with E-state index < -0.39 is 75.2 Å². The molecule has 2 rings (SSSR count). The van der Waals surface area contributed by atoms with Crippen molar-refractivity contribution in [2.24, 2.45) is 0 Å². The third kappa shape index (κ3) is 6.61. The molecule has 0 spiro atoms. The van der Waals surface area contributed by atoms with E-state index in [9.17, 15) is 44.3 Å². The van der Waals surface area contributed by atoms with Gasteiger partial charge in [0.25, 0.3) is 0 Å². The molecule has 0 radical (unpaired) electrons. The number of hydrogen-bond acceptors (Lipinski definition) is 2. The number of halogens is 9. The molecular formula is C23H21F9O3. The van der Waals surface area contributed by atoms with Crippen molar-refractivity contribution in [2.75, 3.05) is 6.61 Å². The molecule has 0 aliphatic carbocycles. The van der Waals surface area contributed by atoms with Crippen LogP contribution in [0.2, 0.25) is 0 Å². The molecule has 194 valence electrons. The van der Waals surface area contributed by atoms with Crippen molar-refractivity contribution in [1.82, 2.24) is 0 Å². The summed E-state index contributed by atoms with van der Waals surface area (Å²) in [6, 6.07) is 0. The second-order valence-electron chi connectivity index (χ2n) is 7.73. The number of unbranched alkanes of at least 4 members (excludes halogenated alkanes) is 7. The third-order valence-corrected chi connectivity index (χ3v) is 5.21. The lowest BCUT2D eigenvalue weighted by Crippen LogP contribution is -2.11. The number of hydrogen-bond donors (Lipinski definition) is 1. The Balaban J connectivity index is 2.02. The summed E-state index contributed by atoms with van der Waals surface area (Å²) in [7, 11) is 0. The zero-order valence-corrected chi connectivity index (χ0v) is 18.2. The smallest absolute Gasteiger partial charge is 0.303 e. The molecule has 12 heteroatoms. The molecule has 0 atom stereocenters. The number of carbonyl (C=O) groups is 1. The van der Waals surface area contributed by atoms with Crippen molar-refractivity contribution in [3.8, 4) is 16.9 Å². The quantitative estimate of drug-likeness (QED) is 0.129. The molecule has 0 aliphatic heterocycles. The van der Waals surface area contributed by atoms with Crippen LogP contribution in [0.4, 0.5) is 39.5 Å². The summed E-state index contributed by atoms with van der Waals surface area (Å²) in [5.41, 5.74) is -4.24. The number of benzene rings is 2. The predicted octanol–water partition coefficient (Wildman–Crippen LogP) is 7.58. The lowest BCUT2D eigenvalue weighted by Gasteiger charge is -2.15. The Kier molecular flexibility index (Phi) is 10.3. The van der Waals surface area contributed by atoms with Gasteiger partial charge in [-0.1, -0.05) is 38.5 Å². The number of rotatable bonds is 13. The maximum absolute atomic E-state index is 14.4. The molecule has 2 aromatic rings. The van der Waals surface area contributed by atoms with E-state index in [0.717, 1.165) is 25.7 Å². The topological polar surface area (TPSA) is 46.5 Å². The van der Waals surface area contributed by atoms with Crippen LogP contribution in [0.5, 0.6) is 5.75 Å². The van der Waals surface area contributed by atoms with Gasteiger partial charge in [0.05, 0.1) is 17.7 Å². The summed E-state index contributed by atoms with van der Waals surface area (Å²) in [5.74, 6) is -24.5. The van der Waals surface area contributed by atoms with Crippen LogP contribution in [0.25, 0.3) is 11.1 Å². The molecule has 0 bridgehead atoms. The Labute approximate surface area is 194 Å². The summed E-state index contributed by atoms with van der Waals surface area (Å²) < 4.78 is 130. The van der Waals surface area contributed by atoms with Crippen LogP contribution in [-0.2, 0) is 4.79 Å². The van der Waals surface area contributed by atoms with Gasteiger partial charge in [-0.3, -0.25) is 4.79 Å². The molecule has 0 saturated heterocycles. The van der Waals surface area contributed by atoms with Crippen molar-refractivity contribution >= 4 is 5.97 Å². The lowest BCUT2D eigenvalue weighted by atomic mass is 10.0. The molecule has 0 saturated carbocycles. The van der Waals surface area contributed by atoms with Crippen LogP contribution in [-0.4, -0.2) is 17.7 Å². The molecule has 0 heterocycles. The Morgan fingerprint density at radius 1 is 0.514 bits per heavy atom. The van der Waals surface area contributed by atoms with E-state index in [2.05, 4.69) is 0 Å². The van der Waals surface area contributed by atoms with E-state index in [4.69, 9.17) is 9.84 Å². The average molecular weight is 516 g/mol. The maximum Gasteiger partial charge on any atom is 0.303 e. The van der Waals surface area contributed by atoms with Gasteiger partial charge in [-0.15, -0.1) is 0 Å². The van der Waals surface area contributed by atoms with E-state index >= 15 is 0 Å². The van der Waals surface area contributed by atoms with Crippen LogP contribution >= 0.6 is 0 Å². The van der Waals surface area contributed by atoms with E-state index in [0.29, 0.717) is 19.3 Å². The van der Waals surface area contributed by atoms with Crippen LogP contribution in [0.1, 0.15) is 57.8 Å². The Hall–Kier alpha value is -2.92. The van der Waals surface area contributed by atoms with E-state index in [-0.39, 0.29) is 19.4 Å². The zero-order chi connectivity index (χ0) is 26.3. The molecule has 2 aromatic carbocycles. The molecule has 0 amide bonds. The summed E-state index contributed by atoms with van der Waals surface area (Å²) in [6.07, 6.45) is 5.42. The second-order valence-corrected chi connectivity index (χ2v) is 7.73. The molecule has 0 aromatic heterocycles. The first kappa shape index (κ1) is 28.3. The SMILES string of the molecule is O=C(O)CCCCCCCCCCOc1c(F)c(F)c(-c2c(F)c(F)c(F)c(F)c2F)c(F)c1F. The molecule has 3 nitrogen and oxygen atoms in total. The highest BCUT2D eigenvalue weighted by Crippen LogP contribution is 2.39. The minimum atomic E-state index is -2.63. The Bertz CT molecular complexity index is 1020. The third-order valence-electron chi connectivity index (χ3n) is 5.21. The zero-order valence-electron chi connectivity index (χ0n) is 18.2. The fraction of sp³-hybridized carbons (Fsp3) is 0.435. The summed E-state index contributed by atoms with van der Waals surface area (Å²) in [5, 5.41) is 8.53. The first-order chi connectivity index (χ1) is 16.5. The molecule has 0 unspecified atom stereocenters. The normalized spacial score (nSPS) is 11.2. The van der Waals surface area contributed by atoms with Gasteiger partial charge in [0.2, 0.25) is 17.5 Å². The van der Waals surface area contributed by atoms with Gasteiger partial charge in [-0.05, 0) is 12.8 Å². The van der Waals surface area contributed by atoms with Crippen LogP contribution < -0.4 is 4.74 Å². The van der Waals surface area contributed by atoms with Gasteiger partial charge >= 0.3 is 5.97 Å². The standard InChI is InChI=1S/C23H21F9O3/c24-14-12(15(25)19(29)20(30)18(14)28)13-16(26)21(31)23(22(32)17(13)27)35-10-8-6-4-2-1-3-5-7-9-11(33)34/h1-10H2,(H,33,34). The minimum Gasteiger partial charge on any atom is -0.487 e. The van der Waals surface area contributed by atoms with Crippen molar-refractivity contribution in [3.05, 3.63) is 52.4 Å². The van der Waals surface area contributed by atoms with Crippen LogP contribution in [0.3, 0.4) is 0 Å². The van der Waals surface area contributed by atoms with Crippen molar-refractivity contribution < 1.29 is 54.2 Å². The van der Waals surface area contributed by atoms with Gasteiger partial charge < -0.3 is 9.84 Å². The first-order valence-electron chi connectivity index (χ1n) is 10.7. The Morgan fingerprint density at radius 2 is 0.857 bits per heavy atom. The average Bonchev–Trinajstić information content (AvgIpc) is 2.82. The molecule has 0 fully saturated rings. The van der Waals surface area contributed by atoms with E-state index in [1.165, 1.54) is 0 Å². The summed E-state index contributed by atoms with van der Waals surface area (Å²) in [6.45, 7) is -0.368. The van der Waals surface area contributed by atoms with Gasteiger partial charge in [0, 0.05) is 6.42 Å². The second kappa shape index (κ2) is 12.7. The van der Waals surface area contributed by atoms with Crippen molar-refractivity contribution in [1.29, 1.82) is 0 Å². The minimum absolute atomic E-state index is 0.105. The lowest BCUT2D eigenvalue weighted by molar-refractivity contribution is -0.137. The summed E-state index contributed by atoms with van der Waals surface area (Å²) >= 11 is 0. The van der Waals surface area contributed by atoms with Crippen LogP contribution in [0, 0.1) is 52.4 Å². The fourth-order valence-electron chi connectivity index (χ4n) is 3.40. The molecule has 0 aliphatic rings. The highest BCUT2D eigenvalue weighted by molar-refractivity contribution is 5.68. The number of carboxylic acids is 1. The predicted molar refractivity (Wildman–Crippen MR) is 106 cm³/mol. The van der Waals surface area contributed by atoms with Crippen LogP contribution in [0.15, 0.2) is 0 Å². The van der Waals surface area contributed by atoms with Gasteiger partial charge in [0.1, 0.15) is 0 Å². The number of carboxylic acid groups (broad SMARTS) is 1. The van der Waals surface area contributed by atoms with Gasteiger partial charge in [-0.2, -0.15) is 8.78 Å². The first-order valence-corrected chi connectivity index (χ1v) is 10.7.